The summed E-state index contributed by atoms with van der Waals surface area (Å²) in [6.07, 6.45) is 5.81. The Morgan fingerprint density at radius 1 is 0.594 bits per heavy atom. The maximum atomic E-state index is 11.3. The molecule has 0 spiro atoms. The highest BCUT2D eigenvalue weighted by Crippen LogP contribution is 2.59. The second-order valence-electron chi connectivity index (χ2n) is 10.2. The van der Waals surface area contributed by atoms with E-state index in [1.54, 1.807) is 0 Å². The van der Waals surface area contributed by atoms with Gasteiger partial charge in [0, 0.05) is 21.8 Å². The van der Waals surface area contributed by atoms with Crippen LogP contribution < -0.4 is 0 Å². The zero-order valence-electron chi connectivity index (χ0n) is 20.6. The van der Waals surface area contributed by atoms with E-state index in [4.69, 9.17) is 0 Å². The van der Waals surface area contributed by atoms with Crippen LogP contribution in [0.3, 0.4) is 0 Å². The molecular weight excluding hydrogens is 388 g/mol. The van der Waals surface area contributed by atoms with Gasteiger partial charge in [-0.2, -0.15) is 0 Å². The summed E-state index contributed by atoms with van der Waals surface area (Å²) in [5.41, 5.74) is 2.91. The van der Waals surface area contributed by atoms with Gasteiger partial charge in [0.1, 0.15) is 5.75 Å². The monoisotopic (exact) mass is 428 g/mol. The van der Waals surface area contributed by atoms with Crippen molar-refractivity contribution in [1.82, 2.24) is 0 Å². The van der Waals surface area contributed by atoms with Crippen LogP contribution in [0.15, 0.2) is 84.9 Å². The molecule has 0 radical (unpaired) electrons. The molecule has 170 valence electrons. The molecule has 0 atom stereocenters. The van der Waals surface area contributed by atoms with Crippen LogP contribution in [-0.4, -0.2) is 5.11 Å². The van der Waals surface area contributed by atoms with E-state index in [1.807, 2.05) is 12.1 Å². The second-order valence-corrected chi connectivity index (χ2v) is 10.2. The van der Waals surface area contributed by atoms with Crippen LogP contribution in [0.1, 0.15) is 83.4 Å². The maximum absolute atomic E-state index is 11.3. The van der Waals surface area contributed by atoms with Gasteiger partial charge in [-0.15, -0.1) is 0 Å². The molecule has 0 aromatic heterocycles. The molecule has 0 saturated carbocycles. The normalized spacial score (nSPS) is 12.7. The summed E-state index contributed by atoms with van der Waals surface area (Å²) >= 11 is 0. The second kappa shape index (κ2) is 9.94. The van der Waals surface area contributed by atoms with Gasteiger partial charge in [-0.1, -0.05) is 139 Å². The summed E-state index contributed by atoms with van der Waals surface area (Å²) in [6.45, 7) is 11.8. The Labute approximate surface area is 195 Å². The molecule has 0 bridgehead atoms. The Morgan fingerprint density at radius 3 is 1.53 bits per heavy atom. The minimum atomic E-state index is -0.318. The zero-order chi connectivity index (χ0) is 23.2. The summed E-state index contributed by atoms with van der Waals surface area (Å²) < 4.78 is 0. The number of phenolic OH excluding ortho intramolecular Hbond substituents is 1. The maximum Gasteiger partial charge on any atom is 0.119 e. The molecule has 1 heteroatoms. The molecule has 0 unspecified atom stereocenters. The lowest BCUT2D eigenvalue weighted by molar-refractivity contribution is 0.120. The van der Waals surface area contributed by atoms with E-state index >= 15 is 0 Å². The molecule has 32 heavy (non-hydrogen) atoms. The van der Waals surface area contributed by atoms with Gasteiger partial charge in [0.05, 0.1) is 0 Å². The number of unbranched alkanes of at least 4 members (excludes halogenated alkanes) is 3. The quantitative estimate of drug-likeness (QED) is 0.321. The number of rotatable bonds is 10. The number of hydrogen-bond acceptors (Lipinski definition) is 1. The third kappa shape index (κ3) is 4.22. The highest BCUT2D eigenvalue weighted by Gasteiger charge is 2.57. The average Bonchev–Trinajstić information content (AvgIpc) is 2.81. The lowest BCUT2D eigenvalue weighted by Gasteiger charge is -2.57. The fraction of sp³-hybridized carbons (Fsp3) is 0.419. The highest BCUT2D eigenvalue weighted by molar-refractivity contribution is 5.50. The number of para-hydroxylation sites is 1. The van der Waals surface area contributed by atoms with E-state index in [2.05, 4.69) is 107 Å². The van der Waals surface area contributed by atoms with Gasteiger partial charge in [-0.3, -0.25) is 0 Å². The summed E-state index contributed by atoms with van der Waals surface area (Å²) in [5.74, 6) is 0.399. The Balaban J connectivity index is 2.34. The predicted octanol–water partition coefficient (Wildman–Crippen LogP) is 8.56. The molecule has 0 fully saturated rings. The Bertz CT molecular complexity index is 918. The van der Waals surface area contributed by atoms with Gasteiger partial charge >= 0.3 is 0 Å². The summed E-state index contributed by atoms with van der Waals surface area (Å²) in [6, 6.07) is 29.8. The Hall–Kier alpha value is -2.54. The number of aromatic hydroxyl groups is 1. The Kier molecular flexibility index (Phi) is 7.49. The summed E-state index contributed by atoms with van der Waals surface area (Å²) in [7, 11) is 0. The smallest absolute Gasteiger partial charge is 0.119 e. The third-order valence-electron chi connectivity index (χ3n) is 7.89. The first kappa shape index (κ1) is 24.1. The van der Waals surface area contributed by atoms with Crippen LogP contribution >= 0.6 is 0 Å². The fourth-order valence-corrected chi connectivity index (χ4v) is 6.07. The lowest BCUT2D eigenvalue weighted by atomic mass is 9.45. The van der Waals surface area contributed by atoms with Crippen LogP contribution in [0, 0.1) is 0 Å². The van der Waals surface area contributed by atoms with Gasteiger partial charge in [0.15, 0.2) is 0 Å². The standard InChI is InChI=1S/C31H40O/c1-6-7-8-17-24-31(27-22-15-16-23-28(27)32,29(2,3)25-18-11-9-12-19-25)30(4,5)26-20-13-10-14-21-26/h9-16,18-23,32H,6-8,17,24H2,1-5H3. The molecule has 1 nitrogen and oxygen atoms in total. The highest BCUT2D eigenvalue weighted by atomic mass is 16.3. The molecule has 1 N–H and O–H groups in total. The Morgan fingerprint density at radius 2 is 1.06 bits per heavy atom. The van der Waals surface area contributed by atoms with Crippen LogP contribution in [0.25, 0.3) is 0 Å². The van der Waals surface area contributed by atoms with Crippen molar-refractivity contribution in [1.29, 1.82) is 0 Å². The fourth-order valence-electron chi connectivity index (χ4n) is 6.07. The van der Waals surface area contributed by atoms with Crippen LogP contribution in [-0.2, 0) is 16.2 Å². The van der Waals surface area contributed by atoms with E-state index in [0.717, 1.165) is 18.4 Å². The van der Waals surface area contributed by atoms with Crippen LogP contribution in [0.2, 0.25) is 0 Å². The van der Waals surface area contributed by atoms with Crippen molar-refractivity contribution >= 4 is 0 Å². The van der Waals surface area contributed by atoms with E-state index in [9.17, 15) is 5.11 Å². The van der Waals surface area contributed by atoms with E-state index in [-0.39, 0.29) is 16.2 Å². The van der Waals surface area contributed by atoms with Gasteiger partial charge in [-0.25, -0.2) is 0 Å². The van der Waals surface area contributed by atoms with Gasteiger partial charge in [0.25, 0.3) is 0 Å². The van der Waals surface area contributed by atoms with Crippen molar-refractivity contribution in [3.63, 3.8) is 0 Å². The first-order valence-corrected chi connectivity index (χ1v) is 12.2. The molecule has 0 aliphatic heterocycles. The largest absolute Gasteiger partial charge is 0.508 e. The van der Waals surface area contributed by atoms with Crippen molar-refractivity contribution in [2.45, 2.75) is 83.0 Å². The molecule has 0 heterocycles. The van der Waals surface area contributed by atoms with Crippen molar-refractivity contribution in [2.24, 2.45) is 0 Å². The van der Waals surface area contributed by atoms with E-state index < -0.39 is 0 Å². The van der Waals surface area contributed by atoms with Crippen molar-refractivity contribution < 1.29 is 5.11 Å². The van der Waals surface area contributed by atoms with Gasteiger partial charge < -0.3 is 5.11 Å². The summed E-state index contributed by atoms with van der Waals surface area (Å²) in [4.78, 5) is 0. The molecule has 0 saturated heterocycles. The van der Waals surface area contributed by atoms with Crippen molar-refractivity contribution in [3.8, 4) is 5.75 Å². The molecule has 0 aliphatic carbocycles. The molecule has 3 aromatic rings. The van der Waals surface area contributed by atoms with Gasteiger partial charge in [0.2, 0.25) is 0 Å². The van der Waals surface area contributed by atoms with Crippen LogP contribution in [0.4, 0.5) is 0 Å². The predicted molar refractivity (Wildman–Crippen MR) is 137 cm³/mol. The number of phenols is 1. The van der Waals surface area contributed by atoms with Gasteiger partial charge in [-0.05, 0) is 23.6 Å². The first-order valence-electron chi connectivity index (χ1n) is 12.2. The third-order valence-corrected chi connectivity index (χ3v) is 7.89. The number of hydrogen-bond donors (Lipinski definition) is 1. The molecule has 3 aromatic carbocycles. The number of benzene rings is 3. The minimum Gasteiger partial charge on any atom is -0.508 e. The SMILES string of the molecule is CCCCCCC(c1ccccc1O)(C(C)(C)c1ccccc1)C(C)(C)c1ccccc1. The molecular formula is C31H40O. The zero-order valence-corrected chi connectivity index (χ0v) is 20.6. The van der Waals surface area contributed by atoms with E-state index in [0.29, 0.717) is 5.75 Å². The van der Waals surface area contributed by atoms with Crippen molar-refractivity contribution in [2.75, 3.05) is 0 Å². The van der Waals surface area contributed by atoms with Crippen LogP contribution in [0.5, 0.6) is 5.75 Å². The minimum absolute atomic E-state index is 0.224. The molecule has 3 rings (SSSR count). The molecule has 0 amide bonds. The van der Waals surface area contributed by atoms with Crippen molar-refractivity contribution in [3.05, 3.63) is 102 Å². The topological polar surface area (TPSA) is 20.2 Å². The first-order chi connectivity index (χ1) is 15.3. The summed E-state index contributed by atoms with van der Waals surface area (Å²) in [5, 5.41) is 11.3. The van der Waals surface area contributed by atoms with E-state index in [1.165, 1.54) is 30.4 Å². The average molecular weight is 429 g/mol. The lowest BCUT2D eigenvalue weighted by Crippen LogP contribution is -2.57. The molecule has 0 aliphatic rings.